The highest BCUT2D eigenvalue weighted by Crippen LogP contribution is 2.33. The zero-order chi connectivity index (χ0) is 15.6. The summed E-state index contributed by atoms with van der Waals surface area (Å²) in [7, 11) is 0. The van der Waals surface area contributed by atoms with Crippen LogP contribution in [0.4, 0.5) is 11.4 Å². The number of esters is 1. The first-order valence-electron chi connectivity index (χ1n) is 7.81. The van der Waals surface area contributed by atoms with Crippen molar-refractivity contribution in [3.05, 3.63) is 60.7 Å². The largest absolute Gasteiger partial charge is 0.434 e. The smallest absolute Gasteiger partial charge is 0.327 e. The van der Waals surface area contributed by atoms with Gasteiger partial charge < -0.3 is 9.47 Å². The summed E-state index contributed by atoms with van der Waals surface area (Å²) in [5, 5.41) is 1.94. The molecule has 2 saturated heterocycles. The molecule has 2 aliphatic rings. The first-order chi connectivity index (χ1) is 11.3. The van der Waals surface area contributed by atoms with Gasteiger partial charge >= 0.3 is 5.97 Å². The maximum absolute atomic E-state index is 12.2. The Bertz CT molecular complexity index is 638. The lowest BCUT2D eigenvalue weighted by atomic mass is 10.0. The van der Waals surface area contributed by atoms with Crippen molar-refractivity contribution in [3.8, 4) is 0 Å². The van der Waals surface area contributed by atoms with Crippen molar-refractivity contribution in [2.75, 3.05) is 11.6 Å². The predicted molar refractivity (Wildman–Crippen MR) is 85.9 cm³/mol. The normalized spacial score (nSPS) is 25.9. The Morgan fingerprint density at radius 2 is 1.57 bits per heavy atom. The second-order valence-corrected chi connectivity index (χ2v) is 5.74. The Balaban J connectivity index is 1.65. The van der Waals surface area contributed by atoms with Crippen LogP contribution < -0.4 is 10.4 Å². The van der Waals surface area contributed by atoms with Gasteiger partial charge in [-0.15, -0.1) is 0 Å². The highest BCUT2D eigenvalue weighted by Gasteiger charge is 2.49. The van der Waals surface area contributed by atoms with E-state index in [1.165, 1.54) is 0 Å². The molecule has 0 aliphatic carbocycles. The fraction of sp³-hybridized carbons (Fsp3) is 0.278. The number of ether oxygens (including phenoxy) is 2. The Hall–Kier alpha value is -2.37. The fourth-order valence-corrected chi connectivity index (χ4v) is 3.13. The molecule has 0 aromatic heterocycles. The van der Waals surface area contributed by atoms with Gasteiger partial charge in [-0.3, -0.25) is 9.80 Å². The van der Waals surface area contributed by atoms with E-state index in [2.05, 4.69) is 5.43 Å². The molecule has 0 bridgehead atoms. The number of anilines is 2. The molecule has 5 nitrogen and oxygen atoms in total. The Kier molecular flexibility index (Phi) is 3.73. The van der Waals surface area contributed by atoms with Crippen LogP contribution in [0.1, 0.15) is 6.42 Å². The molecule has 2 aliphatic heterocycles. The van der Waals surface area contributed by atoms with Gasteiger partial charge in [0, 0.05) is 0 Å². The Labute approximate surface area is 134 Å². The van der Waals surface area contributed by atoms with E-state index in [0.29, 0.717) is 6.61 Å². The van der Waals surface area contributed by atoms with Gasteiger partial charge in [0.1, 0.15) is 6.04 Å². The number of nitrogens with zero attached hydrogens (tertiary/aromatic N) is 1. The molecule has 23 heavy (non-hydrogen) atoms. The summed E-state index contributed by atoms with van der Waals surface area (Å²) in [4.78, 5) is 12.2. The topological polar surface area (TPSA) is 50.8 Å². The molecule has 2 fully saturated rings. The Morgan fingerprint density at radius 3 is 2.17 bits per heavy atom. The molecule has 0 spiro atoms. The summed E-state index contributed by atoms with van der Waals surface area (Å²) in [6, 6.07) is 19.4. The van der Waals surface area contributed by atoms with Crippen LogP contribution in [0.5, 0.6) is 0 Å². The minimum Gasteiger partial charge on any atom is -0.434 e. The van der Waals surface area contributed by atoms with Gasteiger partial charge in [-0.25, -0.2) is 5.43 Å². The van der Waals surface area contributed by atoms with Crippen molar-refractivity contribution in [2.24, 2.45) is 5.92 Å². The summed E-state index contributed by atoms with van der Waals surface area (Å²) in [5.41, 5.74) is 5.28. The highest BCUT2D eigenvalue weighted by atomic mass is 16.7. The third-order valence-electron chi connectivity index (χ3n) is 4.29. The fourth-order valence-electron chi connectivity index (χ4n) is 3.13. The van der Waals surface area contributed by atoms with Crippen LogP contribution in [0.2, 0.25) is 0 Å². The molecule has 4 rings (SSSR count). The molecule has 2 aromatic rings. The van der Waals surface area contributed by atoms with Gasteiger partial charge in [-0.1, -0.05) is 36.4 Å². The van der Waals surface area contributed by atoms with Gasteiger partial charge in [-0.2, -0.15) is 0 Å². The van der Waals surface area contributed by atoms with E-state index in [9.17, 15) is 4.79 Å². The zero-order valence-corrected chi connectivity index (χ0v) is 12.6. The van der Waals surface area contributed by atoms with Crippen molar-refractivity contribution in [3.63, 3.8) is 0 Å². The molecule has 0 radical (unpaired) electrons. The number of benzene rings is 2. The monoisotopic (exact) mass is 310 g/mol. The number of hydrogen-bond acceptors (Lipinski definition) is 5. The van der Waals surface area contributed by atoms with Gasteiger partial charge in [0.2, 0.25) is 6.29 Å². The van der Waals surface area contributed by atoms with Gasteiger partial charge in [0.25, 0.3) is 0 Å². The number of carbonyl (C=O) groups excluding carboxylic acids is 1. The van der Waals surface area contributed by atoms with Crippen LogP contribution in [-0.2, 0) is 14.3 Å². The van der Waals surface area contributed by atoms with Crippen LogP contribution in [0.15, 0.2) is 60.7 Å². The van der Waals surface area contributed by atoms with Crippen LogP contribution >= 0.6 is 0 Å². The first-order valence-corrected chi connectivity index (χ1v) is 7.81. The van der Waals surface area contributed by atoms with E-state index in [4.69, 9.17) is 9.47 Å². The number of carbonyl (C=O) groups is 1. The standard InChI is InChI=1S/C18H18N2O3/c21-17-16(15-11-12-22-18(15)23-17)19-20(13-7-3-1-4-8-13)14-9-5-2-6-10-14/h1-10,15-16,18-19H,11-12H2/t15-,16-,18+/m0/s1. The highest BCUT2D eigenvalue weighted by molar-refractivity contribution is 5.79. The van der Waals surface area contributed by atoms with Gasteiger partial charge in [0.15, 0.2) is 0 Å². The van der Waals surface area contributed by atoms with Gasteiger partial charge in [-0.05, 0) is 30.7 Å². The maximum Gasteiger partial charge on any atom is 0.327 e. The minimum absolute atomic E-state index is 0.0532. The number of fused-ring (bicyclic) bond motifs is 1. The molecule has 0 saturated carbocycles. The van der Waals surface area contributed by atoms with E-state index >= 15 is 0 Å². The lowest BCUT2D eigenvalue weighted by molar-refractivity contribution is -0.159. The average molecular weight is 310 g/mol. The molecule has 1 N–H and O–H groups in total. The lowest BCUT2D eigenvalue weighted by Gasteiger charge is -2.29. The van der Waals surface area contributed by atoms with E-state index in [1.807, 2.05) is 65.7 Å². The number of nitrogens with one attached hydrogen (secondary N) is 1. The first kappa shape index (κ1) is 14.2. The molecule has 3 atom stereocenters. The molecule has 118 valence electrons. The van der Waals surface area contributed by atoms with Crippen molar-refractivity contribution >= 4 is 17.3 Å². The summed E-state index contributed by atoms with van der Waals surface area (Å²) >= 11 is 0. The summed E-state index contributed by atoms with van der Waals surface area (Å²) in [6.45, 7) is 0.636. The maximum atomic E-state index is 12.2. The molecule has 5 heteroatoms. The predicted octanol–water partition coefficient (Wildman–Crippen LogP) is 2.62. The van der Waals surface area contributed by atoms with E-state index in [-0.39, 0.29) is 11.9 Å². The molecular formula is C18H18N2O3. The lowest BCUT2D eigenvalue weighted by Crippen LogP contribution is -2.47. The van der Waals surface area contributed by atoms with E-state index in [0.717, 1.165) is 17.8 Å². The van der Waals surface area contributed by atoms with E-state index < -0.39 is 12.3 Å². The summed E-state index contributed by atoms with van der Waals surface area (Å²) in [5.74, 6) is -0.200. The molecule has 2 aromatic carbocycles. The number of para-hydroxylation sites is 2. The summed E-state index contributed by atoms with van der Waals surface area (Å²) in [6.07, 6.45) is 0.416. The van der Waals surface area contributed by atoms with Crippen molar-refractivity contribution < 1.29 is 14.3 Å². The van der Waals surface area contributed by atoms with Crippen LogP contribution in [0, 0.1) is 5.92 Å². The number of rotatable bonds is 4. The van der Waals surface area contributed by atoms with Crippen LogP contribution in [-0.4, -0.2) is 24.9 Å². The molecule has 0 amide bonds. The van der Waals surface area contributed by atoms with Crippen LogP contribution in [0.3, 0.4) is 0 Å². The number of hydrogen-bond donors (Lipinski definition) is 1. The third kappa shape index (κ3) is 2.69. The van der Waals surface area contributed by atoms with E-state index in [1.54, 1.807) is 0 Å². The average Bonchev–Trinajstić information content (AvgIpc) is 3.15. The Morgan fingerprint density at radius 1 is 0.957 bits per heavy atom. The summed E-state index contributed by atoms with van der Waals surface area (Å²) < 4.78 is 10.8. The number of hydrazine groups is 1. The SMILES string of the molecule is O=C1O[C@H]2OCC[C@H]2[C@@H]1NN(c1ccccc1)c1ccccc1. The van der Waals surface area contributed by atoms with Crippen molar-refractivity contribution in [2.45, 2.75) is 18.8 Å². The molecular weight excluding hydrogens is 292 g/mol. The second-order valence-electron chi connectivity index (χ2n) is 5.74. The third-order valence-corrected chi connectivity index (χ3v) is 4.29. The van der Waals surface area contributed by atoms with Crippen molar-refractivity contribution in [1.29, 1.82) is 0 Å². The second kappa shape index (κ2) is 6.02. The van der Waals surface area contributed by atoms with Crippen molar-refractivity contribution in [1.82, 2.24) is 5.43 Å². The molecule has 2 heterocycles. The van der Waals surface area contributed by atoms with Crippen LogP contribution in [0.25, 0.3) is 0 Å². The molecule has 0 unspecified atom stereocenters. The zero-order valence-electron chi connectivity index (χ0n) is 12.6. The minimum atomic E-state index is -0.409. The van der Waals surface area contributed by atoms with Gasteiger partial charge in [0.05, 0.1) is 23.9 Å². The quantitative estimate of drug-likeness (QED) is 0.695.